The lowest BCUT2D eigenvalue weighted by atomic mass is 9.44. The van der Waals surface area contributed by atoms with Crippen molar-refractivity contribution in [3.8, 4) is 0 Å². The summed E-state index contributed by atoms with van der Waals surface area (Å²) in [6, 6.07) is 0. The van der Waals surface area contributed by atoms with E-state index in [2.05, 4.69) is 20.8 Å². The Balaban J connectivity index is 1.64. The topological polar surface area (TPSA) is 57.5 Å². The highest BCUT2D eigenvalue weighted by atomic mass is 16.3. The highest BCUT2D eigenvalue weighted by Gasteiger charge is 2.62. The molecule has 25 heavy (non-hydrogen) atoms. The van der Waals surface area contributed by atoms with Gasteiger partial charge in [0.15, 0.2) is 0 Å². The monoisotopic (exact) mass is 348 g/mol. The van der Waals surface area contributed by atoms with Crippen molar-refractivity contribution in [3.63, 3.8) is 0 Å². The number of aliphatic hydroxyl groups is 2. The maximum atomic E-state index is 12.0. The fourth-order valence-corrected chi connectivity index (χ4v) is 8.12. The average molecular weight is 349 g/mol. The minimum Gasteiger partial charge on any atom is -0.396 e. The summed E-state index contributed by atoms with van der Waals surface area (Å²) in [7, 11) is 0. The number of hydrogen-bond acceptors (Lipinski definition) is 3. The van der Waals surface area contributed by atoms with Gasteiger partial charge in [0, 0.05) is 19.4 Å². The lowest BCUT2D eigenvalue weighted by Gasteiger charge is -2.61. The van der Waals surface area contributed by atoms with Gasteiger partial charge >= 0.3 is 0 Å². The van der Waals surface area contributed by atoms with Crippen LogP contribution in [0.25, 0.3) is 0 Å². The van der Waals surface area contributed by atoms with Crippen LogP contribution in [0, 0.1) is 46.3 Å². The third-order valence-corrected chi connectivity index (χ3v) is 9.55. The van der Waals surface area contributed by atoms with Crippen LogP contribution in [0.5, 0.6) is 0 Å². The molecular weight excluding hydrogens is 312 g/mol. The van der Waals surface area contributed by atoms with Crippen LogP contribution in [0.2, 0.25) is 0 Å². The first-order valence-corrected chi connectivity index (χ1v) is 10.6. The normalized spacial score (nSPS) is 53.7. The summed E-state index contributed by atoms with van der Waals surface area (Å²) in [6.45, 7) is 7.36. The van der Waals surface area contributed by atoms with Gasteiger partial charge in [0.1, 0.15) is 5.78 Å². The first kappa shape index (κ1) is 18.0. The predicted octanol–water partition coefficient (Wildman–Crippen LogP) is 3.81. The van der Waals surface area contributed by atoms with E-state index < -0.39 is 0 Å². The molecule has 0 saturated heterocycles. The molecule has 0 spiro atoms. The summed E-state index contributed by atoms with van der Waals surface area (Å²) in [6.07, 6.45) is 7.92. The Morgan fingerprint density at radius 1 is 1.12 bits per heavy atom. The summed E-state index contributed by atoms with van der Waals surface area (Å²) >= 11 is 0. The first-order valence-electron chi connectivity index (χ1n) is 10.6. The lowest BCUT2D eigenvalue weighted by Crippen LogP contribution is -2.58. The van der Waals surface area contributed by atoms with Crippen molar-refractivity contribution in [3.05, 3.63) is 0 Å². The molecule has 4 aliphatic carbocycles. The van der Waals surface area contributed by atoms with E-state index in [-0.39, 0.29) is 23.5 Å². The molecule has 0 aromatic carbocycles. The van der Waals surface area contributed by atoms with Crippen LogP contribution in [-0.2, 0) is 4.79 Å². The lowest BCUT2D eigenvalue weighted by molar-refractivity contribution is -0.169. The number of aliphatic hydroxyl groups excluding tert-OH is 2. The van der Waals surface area contributed by atoms with Crippen molar-refractivity contribution < 1.29 is 15.0 Å². The summed E-state index contributed by atoms with van der Waals surface area (Å²) in [5, 5.41) is 20.9. The molecule has 9 atom stereocenters. The van der Waals surface area contributed by atoms with Crippen LogP contribution in [0.1, 0.15) is 72.1 Å². The third-order valence-electron chi connectivity index (χ3n) is 9.55. The van der Waals surface area contributed by atoms with Crippen molar-refractivity contribution in [2.24, 2.45) is 46.3 Å². The highest BCUT2D eigenvalue weighted by molar-refractivity contribution is 5.79. The number of carbonyl (C=O) groups excluding carboxylic acids is 1. The van der Waals surface area contributed by atoms with Crippen molar-refractivity contribution in [1.82, 2.24) is 0 Å². The van der Waals surface area contributed by atoms with Gasteiger partial charge in [0.2, 0.25) is 0 Å². The molecule has 2 N–H and O–H groups in total. The van der Waals surface area contributed by atoms with Gasteiger partial charge in [-0.05, 0) is 84.9 Å². The third kappa shape index (κ3) is 2.48. The van der Waals surface area contributed by atoms with E-state index >= 15 is 0 Å². The Morgan fingerprint density at radius 3 is 2.56 bits per heavy atom. The average Bonchev–Trinajstić information content (AvgIpc) is 2.93. The zero-order chi connectivity index (χ0) is 18.0. The number of carbonyl (C=O) groups is 1. The Bertz CT molecular complexity index is 545. The van der Waals surface area contributed by atoms with Gasteiger partial charge in [0.25, 0.3) is 0 Å². The number of Topliss-reactive ketones (excluding diaryl/α,β-unsaturated/α-hetero) is 1. The quantitative estimate of drug-likeness (QED) is 0.798. The second-order valence-electron chi connectivity index (χ2n) is 10.4. The van der Waals surface area contributed by atoms with E-state index in [1.54, 1.807) is 0 Å². The number of rotatable bonds is 2. The molecule has 4 aliphatic rings. The molecule has 0 bridgehead atoms. The minimum absolute atomic E-state index is 0.234. The van der Waals surface area contributed by atoms with Crippen LogP contribution in [0.4, 0.5) is 0 Å². The molecule has 3 heteroatoms. The van der Waals surface area contributed by atoms with Crippen LogP contribution >= 0.6 is 0 Å². The van der Waals surface area contributed by atoms with Gasteiger partial charge in [-0.3, -0.25) is 4.79 Å². The van der Waals surface area contributed by atoms with Crippen LogP contribution in [-0.4, -0.2) is 28.7 Å². The maximum absolute atomic E-state index is 12.0. The second kappa shape index (κ2) is 6.05. The first-order chi connectivity index (χ1) is 11.8. The molecule has 3 nitrogen and oxygen atoms in total. The van der Waals surface area contributed by atoms with Gasteiger partial charge in [0.05, 0.1) is 6.10 Å². The van der Waals surface area contributed by atoms with Gasteiger partial charge in [-0.25, -0.2) is 0 Å². The minimum atomic E-state index is -0.234. The molecule has 0 heterocycles. The summed E-state index contributed by atoms with van der Waals surface area (Å²) in [5.74, 6) is 3.33. The molecule has 0 amide bonds. The van der Waals surface area contributed by atoms with E-state index in [9.17, 15) is 15.0 Å². The molecule has 4 fully saturated rings. The Labute approximate surface area is 152 Å². The molecular formula is C22H36O3. The van der Waals surface area contributed by atoms with Crippen LogP contribution < -0.4 is 0 Å². The Hall–Kier alpha value is -0.410. The molecule has 4 saturated carbocycles. The largest absolute Gasteiger partial charge is 0.396 e. The number of ketones is 1. The van der Waals surface area contributed by atoms with Gasteiger partial charge < -0.3 is 10.2 Å². The summed E-state index contributed by atoms with van der Waals surface area (Å²) in [5.41, 5.74) is 0.526. The molecule has 0 radical (unpaired) electrons. The zero-order valence-corrected chi connectivity index (χ0v) is 16.2. The fraction of sp³-hybridized carbons (Fsp3) is 0.955. The standard InChI is InChI=1S/C22H36O3/c1-13(12-23)16-4-5-17-20-18(7-9-22(16,17)3)21(2)8-6-15(24)10-14(21)11-19(20)25/h13-14,16-20,23,25H,4-12H2,1-3H3/t13-,14+,16-,17?,18?,19+,20+,21+,22-/m1/s1. The van der Waals surface area contributed by atoms with Crippen molar-refractivity contribution >= 4 is 5.78 Å². The van der Waals surface area contributed by atoms with Gasteiger partial charge in [-0.15, -0.1) is 0 Å². The molecule has 0 aromatic heterocycles. The molecule has 0 aromatic rings. The van der Waals surface area contributed by atoms with Crippen LogP contribution in [0.3, 0.4) is 0 Å². The number of fused-ring (bicyclic) bond motifs is 5. The van der Waals surface area contributed by atoms with Gasteiger partial charge in [-0.1, -0.05) is 20.8 Å². The Kier molecular flexibility index (Phi) is 4.35. The molecule has 4 rings (SSSR count). The van der Waals surface area contributed by atoms with E-state index in [0.717, 1.165) is 19.3 Å². The molecule has 142 valence electrons. The molecule has 0 aliphatic heterocycles. The second-order valence-corrected chi connectivity index (χ2v) is 10.4. The smallest absolute Gasteiger partial charge is 0.133 e. The van der Waals surface area contributed by atoms with Crippen molar-refractivity contribution in [2.45, 2.75) is 78.2 Å². The summed E-state index contributed by atoms with van der Waals surface area (Å²) in [4.78, 5) is 12.0. The van der Waals surface area contributed by atoms with Gasteiger partial charge in [-0.2, -0.15) is 0 Å². The Morgan fingerprint density at radius 2 is 1.84 bits per heavy atom. The maximum Gasteiger partial charge on any atom is 0.133 e. The number of hydrogen-bond donors (Lipinski definition) is 2. The van der Waals surface area contributed by atoms with Crippen LogP contribution in [0.15, 0.2) is 0 Å². The van der Waals surface area contributed by atoms with E-state index in [0.29, 0.717) is 47.7 Å². The van der Waals surface area contributed by atoms with E-state index in [1.165, 1.54) is 25.7 Å². The van der Waals surface area contributed by atoms with Crippen molar-refractivity contribution in [1.29, 1.82) is 0 Å². The predicted molar refractivity (Wildman–Crippen MR) is 97.9 cm³/mol. The zero-order valence-electron chi connectivity index (χ0n) is 16.2. The van der Waals surface area contributed by atoms with E-state index in [4.69, 9.17) is 0 Å². The fourth-order valence-electron chi connectivity index (χ4n) is 8.12. The highest BCUT2D eigenvalue weighted by Crippen LogP contribution is 2.67. The van der Waals surface area contributed by atoms with E-state index in [1.807, 2.05) is 0 Å². The van der Waals surface area contributed by atoms with Crippen molar-refractivity contribution in [2.75, 3.05) is 6.61 Å². The molecule has 2 unspecified atom stereocenters. The summed E-state index contributed by atoms with van der Waals surface area (Å²) < 4.78 is 0. The SMILES string of the molecule is C[C@H](CO)[C@H]1CCC2[C@H]3C(CC[C@@]21C)[C@@]1(C)CCC(=O)C[C@H]1C[C@@H]3O.